The molecule has 1 atom stereocenters. The molecule has 1 aromatic carbocycles. The van der Waals surface area contributed by atoms with Crippen LogP contribution in [-0.2, 0) is 16.6 Å². The van der Waals surface area contributed by atoms with Crippen molar-refractivity contribution < 1.29 is 18.8 Å². The Morgan fingerprint density at radius 1 is 0.982 bits per heavy atom. The number of piperidine rings is 1. The zero-order valence-corrected chi connectivity index (χ0v) is 31.4. The maximum atomic E-state index is 13.7. The number of piperazine rings is 1. The first kappa shape index (κ1) is 36.4. The molecule has 0 radical (unpaired) electrons. The van der Waals surface area contributed by atoms with E-state index in [0.717, 1.165) is 69.6 Å². The Bertz CT molecular complexity index is 2330. The number of anilines is 2. The van der Waals surface area contributed by atoms with Gasteiger partial charge in [-0.1, -0.05) is 6.07 Å². The van der Waals surface area contributed by atoms with Crippen LogP contribution in [0.1, 0.15) is 68.8 Å². The van der Waals surface area contributed by atoms with Crippen LogP contribution in [0.3, 0.4) is 0 Å². The fraction of sp³-hybridized carbons (Fsp3) is 0.450. The minimum Gasteiger partial charge on any atom is -0.382 e. The lowest BCUT2D eigenvalue weighted by atomic mass is 9.85. The van der Waals surface area contributed by atoms with Gasteiger partial charge in [0, 0.05) is 82.1 Å². The highest BCUT2D eigenvalue weighted by molar-refractivity contribution is 6.01. The van der Waals surface area contributed by atoms with E-state index in [1.165, 1.54) is 12.3 Å². The fourth-order valence-corrected chi connectivity index (χ4v) is 8.56. The molecule has 3 N–H and O–H groups in total. The Balaban J connectivity index is 0.865. The lowest BCUT2D eigenvalue weighted by molar-refractivity contribution is -0.135. The van der Waals surface area contributed by atoms with Crippen molar-refractivity contribution in [2.45, 2.75) is 70.5 Å². The van der Waals surface area contributed by atoms with Gasteiger partial charge in [0.1, 0.15) is 23.3 Å². The second-order valence-corrected chi connectivity index (χ2v) is 15.4. The number of hydrogen-bond acceptors (Lipinski definition) is 9. The molecular weight excluding hydrogens is 704 g/mol. The lowest BCUT2D eigenvalue weighted by Crippen LogP contribution is -2.48. The summed E-state index contributed by atoms with van der Waals surface area (Å²) in [6.07, 6.45) is 8.98. The average Bonchev–Trinajstić information content (AvgIpc) is 3.70. The predicted molar refractivity (Wildman–Crippen MR) is 208 cm³/mol. The summed E-state index contributed by atoms with van der Waals surface area (Å²) in [7, 11) is 1.75. The molecule has 1 aliphatic carbocycles. The molecule has 2 saturated heterocycles. The van der Waals surface area contributed by atoms with Crippen molar-refractivity contribution in [3.05, 3.63) is 76.9 Å². The van der Waals surface area contributed by atoms with Crippen LogP contribution in [0.15, 0.2) is 59.8 Å². The first-order valence-corrected chi connectivity index (χ1v) is 19.3. The van der Waals surface area contributed by atoms with Crippen molar-refractivity contribution in [1.82, 2.24) is 39.2 Å². The first-order chi connectivity index (χ1) is 26.5. The summed E-state index contributed by atoms with van der Waals surface area (Å²) in [5, 5.41) is 9.73. The molecule has 1 unspecified atom stereocenters. The number of aromatic nitrogens is 5. The third-order valence-electron chi connectivity index (χ3n) is 11.3. The molecule has 15 heteroatoms. The second-order valence-electron chi connectivity index (χ2n) is 15.4. The molecule has 1 saturated carbocycles. The Morgan fingerprint density at radius 3 is 2.51 bits per heavy atom. The van der Waals surface area contributed by atoms with Crippen LogP contribution >= 0.6 is 0 Å². The number of fused-ring (bicyclic) bond motifs is 2. The SMILES string of the molecule is CC(C)Nc1cc(-n2ccc3cc(F)cnc32)ncc1C(=O)N[C@H]1CC[C@H](CN2CCN(c3cccc4c3n(C)c(=O)n4C3CCC(=O)NC3=O)CC2)CC1. The number of para-hydroxylation sites is 1. The number of hydrogen-bond donors (Lipinski definition) is 3. The number of nitrogens with zero attached hydrogens (tertiary/aromatic N) is 7. The van der Waals surface area contributed by atoms with Crippen LogP contribution in [0.5, 0.6) is 0 Å². The first-order valence-electron chi connectivity index (χ1n) is 19.3. The Morgan fingerprint density at radius 2 is 1.76 bits per heavy atom. The van der Waals surface area contributed by atoms with E-state index in [2.05, 4.69) is 35.7 Å². The fourth-order valence-electron chi connectivity index (χ4n) is 8.56. The van der Waals surface area contributed by atoms with Crippen LogP contribution in [-0.4, -0.2) is 91.1 Å². The van der Waals surface area contributed by atoms with Gasteiger partial charge in [0.2, 0.25) is 11.8 Å². The Hall–Kier alpha value is -5.57. The van der Waals surface area contributed by atoms with E-state index >= 15 is 0 Å². The summed E-state index contributed by atoms with van der Waals surface area (Å²) in [5.74, 6) is -0.160. The van der Waals surface area contributed by atoms with Gasteiger partial charge in [0.25, 0.3) is 5.91 Å². The molecule has 0 bridgehead atoms. The topological polar surface area (TPSA) is 151 Å². The summed E-state index contributed by atoms with van der Waals surface area (Å²) in [5.41, 5.74) is 3.97. The molecule has 2 aliphatic heterocycles. The summed E-state index contributed by atoms with van der Waals surface area (Å²) < 4.78 is 18.7. The van der Waals surface area contributed by atoms with Gasteiger partial charge in [0.05, 0.1) is 34.2 Å². The summed E-state index contributed by atoms with van der Waals surface area (Å²) in [4.78, 5) is 65.2. The summed E-state index contributed by atoms with van der Waals surface area (Å²) >= 11 is 0. The van der Waals surface area contributed by atoms with Crippen molar-refractivity contribution in [3.63, 3.8) is 0 Å². The van der Waals surface area contributed by atoms with Crippen molar-refractivity contribution in [3.8, 4) is 5.82 Å². The number of aryl methyl sites for hydroxylation is 1. The predicted octanol–water partition coefficient (Wildman–Crippen LogP) is 4.12. The third-order valence-corrected chi connectivity index (χ3v) is 11.3. The highest BCUT2D eigenvalue weighted by Gasteiger charge is 2.33. The largest absolute Gasteiger partial charge is 0.382 e. The van der Waals surface area contributed by atoms with Crippen LogP contribution in [0.2, 0.25) is 0 Å². The molecule has 288 valence electrons. The highest BCUT2D eigenvalue weighted by Crippen LogP contribution is 2.32. The van der Waals surface area contributed by atoms with E-state index in [4.69, 9.17) is 0 Å². The average molecular weight is 751 g/mol. The van der Waals surface area contributed by atoms with E-state index in [-0.39, 0.29) is 36.0 Å². The number of carbonyl (C=O) groups is 3. The molecule has 4 aromatic heterocycles. The summed E-state index contributed by atoms with van der Waals surface area (Å²) in [6.45, 7) is 8.48. The quantitative estimate of drug-likeness (QED) is 0.189. The number of rotatable bonds is 9. The van der Waals surface area contributed by atoms with Gasteiger partial charge in [-0.25, -0.2) is 19.2 Å². The normalized spacial score (nSPS) is 21.0. The van der Waals surface area contributed by atoms with Gasteiger partial charge in [-0.3, -0.25) is 38.3 Å². The second kappa shape index (κ2) is 14.9. The number of nitrogens with one attached hydrogen (secondary N) is 3. The van der Waals surface area contributed by atoms with Gasteiger partial charge in [-0.15, -0.1) is 0 Å². The molecule has 6 heterocycles. The number of benzene rings is 1. The summed E-state index contributed by atoms with van der Waals surface area (Å²) in [6, 6.07) is 10.4. The maximum absolute atomic E-state index is 13.7. The Kier molecular flexibility index (Phi) is 9.88. The monoisotopic (exact) mass is 750 g/mol. The molecule has 5 aromatic rings. The lowest BCUT2D eigenvalue weighted by Gasteiger charge is -2.39. The van der Waals surface area contributed by atoms with Crippen LogP contribution in [0.4, 0.5) is 15.8 Å². The molecule has 8 rings (SSSR count). The number of imide groups is 1. The molecular formula is C40H47FN10O4. The molecule has 3 fully saturated rings. The van der Waals surface area contributed by atoms with Crippen LogP contribution < -0.4 is 26.5 Å². The van der Waals surface area contributed by atoms with Gasteiger partial charge in [-0.05, 0) is 76.1 Å². The minimum atomic E-state index is -0.711. The zero-order valence-electron chi connectivity index (χ0n) is 31.4. The van der Waals surface area contributed by atoms with E-state index in [0.29, 0.717) is 46.0 Å². The van der Waals surface area contributed by atoms with Crippen molar-refractivity contribution in [2.75, 3.05) is 42.9 Å². The smallest absolute Gasteiger partial charge is 0.329 e. The van der Waals surface area contributed by atoms with E-state index in [9.17, 15) is 23.6 Å². The van der Waals surface area contributed by atoms with E-state index < -0.39 is 17.8 Å². The van der Waals surface area contributed by atoms with Gasteiger partial charge in [-0.2, -0.15) is 0 Å². The molecule has 55 heavy (non-hydrogen) atoms. The number of pyridine rings is 2. The van der Waals surface area contributed by atoms with Crippen LogP contribution in [0, 0.1) is 11.7 Å². The van der Waals surface area contributed by atoms with Gasteiger partial charge >= 0.3 is 5.69 Å². The maximum Gasteiger partial charge on any atom is 0.329 e. The highest BCUT2D eigenvalue weighted by atomic mass is 19.1. The standard InChI is InChI=1S/C40H47FN10O4/c1-24(2)44-30-20-34(50-14-13-26-19-27(41)21-43-37(26)50)42-22-29(30)38(53)45-28-9-7-25(8-10-28)23-48-15-17-49(18-16-48)31-5-4-6-32-36(31)47(3)40(55)51(32)33-11-12-35(52)46-39(33)54/h4-6,13-14,19-22,24-25,28,33H,7-12,15-18,23H2,1-3H3,(H,42,44)(H,45,53)(H,46,52,54)/t25-,28-,33?. The number of carbonyl (C=O) groups excluding carboxylic acids is 3. The number of amides is 3. The third kappa shape index (κ3) is 7.20. The van der Waals surface area contributed by atoms with Crippen molar-refractivity contribution >= 4 is 51.2 Å². The Labute approximate surface area is 317 Å². The minimum absolute atomic E-state index is 0.0827. The van der Waals surface area contributed by atoms with Gasteiger partial charge < -0.3 is 15.5 Å². The number of halogens is 1. The molecule has 14 nitrogen and oxygen atoms in total. The van der Waals surface area contributed by atoms with Crippen LogP contribution in [0.25, 0.3) is 27.9 Å². The molecule has 3 aliphatic rings. The van der Waals surface area contributed by atoms with Crippen molar-refractivity contribution in [1.29, 1.82) is 0 Å². The van der Waals surface area contributed by atoms with Crippen molar-refractivity contribution in [2.24, 2.45) is 13.0 Å². The van der Waals surface area contributed by atoms with E-state index in [1.54, 1.807) is 39.2 Å². The van der Waals surface area contributed by atoms with E-state index in [1.807, 2.05) is 38.1 Å². The number of imidazole rings is 1. The van der Waals surface area contributed by atoms with Gasteiger partial charge in [0.15, 0.2) is 0 Å². The molecule has 0 spiro atoms. The molecule has 3 amide bonds. The zero-order chi connectivity index (χ0) is 38.4.